The van der Waals surface area contributed by atoms with Gasteiger partial charge in [-0.05, 0) is 90.5 Å². The first-order valence-electron chi connectivity index (χ1n) is 15.4. The molecule has 254 valence electrons. The van der Waals surface area contributed by atoms with Gasteiger partial charge >= 0.3 is 0 Å². The van der Waals surface area contributed by atoms with Crippen LogP contribution in [0.2, 0.25) is 0 Å². The maximum Gasteiger partial charge on any atom is 0.272 e. The predicted molar refractivity (Wildman–Crippen MR) is 195 cm³/mol. The lowest BCUT2D eigenvalue weighted by Gasteiger charge is -2.15. The van der Waals surface area contributed by atoms with Gasteiger partial charge < -0.3 is 34.9 Å². The Kier molecular flexibility index (Phi) is 12.1. The van der Waals surface area contributed by atoms with Gasteiger partial charge in [0, 0.05) is 21.8 Å². The van der Waals surface area contributed by atoms with Crippen LogP contribution < -0.4 is 34.9 Å². The summed E-state index contributed by atoms with van der Waals surface area (Å²) in [5.41, 5.74) is 1.99. The molecule has 0 fully saturated rings. The number of carbonyl (C=O) groups is 3. The minimum atomic E-state index is -0.567. The van der Waals surface area contributed by atoms with Crippen LogP contribution in [-0.2, 0) is 9.59 Å². The van der Waals surface area contributed by atoms with Gasteiger partial charge in [0.25, 0.3) is 11.8 Å². The summed E-state index contributed by atoms with van der Waals surface area (Å²) in [7, 11) is 4.48. The first kappa shape index (κ1) is 35.1. The van der Waals surface area contributed by atoms with E-state index >= 15 is 0 Å². The quantitative estimate of drug-likeness (QED) is 0.0803. The standard InChI is InChI=1S/C39H35N3O7S/c1-46-34-22-26(23-35(47-2)37(34)48-3)21-33(42-38(44)27-11-6-4-7-12-27)39(45)41-29-13-10-16-32(24-29)50-25-36(43)40-28-17-19-31(20-18-28)49-30-14-8-5-9-15-30/h4-24H,25H2,1-3H3,(H,40,43)(H,41,45)(H,42,44)/b33-21+. The van der Waals surface area contributed by atoms with Crippen LogP contribution in [0.1, 0.15) is 15.9 Å². The number of methoxy groups -OCH3 is 3. The van der Waals surface area contributed by atoms with Crippen molar-refractivity contribution in [1.29, 1.82) is 0 Å². The highest BCUT2D eigenvalue weighted by Crippen LogP contribution is 2.38. The number of ether oxygens (including phenoxy) is 4. The number of hydrogen-bond donors (Lipinski definition) is 3. The third-order valence-corrected chi connectivity index (χ3v) is 8.10. The van der Waals surface area contributed by atoms with Crippen LogP contribution in [0.15, 0.2) is 132 Å². The van der Waals surface area contributed by atoms with Crippen molar-refractivity contribution in [2.75, 3.05) is 37.7 Å². The highest BCUT2D eigenvalue weighted by molar-refractivity contribution is 8.00. The van der Waals surface area contributed by atoms with E-state index in [2.05, 4.69) is 16.0 Å². The molecule has 0 spiro atoms. The van der Waals surface area contributed by atoms with E-state index in [1.807, 2.05) is 36.4 Å². The average Bonchev–Trinajstić information content (AvgIpc) is 3.15. The Bertz CT molecular complexity index is 1940. The second-order valence-electron chi connectivity index (χ2n) is 10.6. The van der Waals surface area contributed by atoms with Crippen LogP contribution in [-0.4, -0.2) is 44.8 Å². The number of amides is 3. The molecule has 5 aromatic carbocycles. The molecule has 0 aliphatic rings. The molecule has 3 N–H and O–H groups in total. The van der Waals surface area contributed by atoms with Gasteiger partial charge in [0.1, 0.15) is 17.2 Å². The van der Waals surface area contributed by atoms with E-state index in [1.165, 1.54) is 39.2 Å². The third kappa shape index (κ3) is 9.68. The van der Waals surface area contributed by atoms with E-state index in [0.29, 0.717) is 45.5 Å². The number of para-hydroxylation sites is 1. The maximum absolute atomic E-state index is 13.7. The van der Waals surface area contributed by atoms with Crippen LogP contribution in [0.25, 0.3) is 6.08 Å². The molecule has 0 aromatic heterocycles. The molecule has 0 heterocycles. The molecule has 5 aromatic rings. The van der Waals surface area contributed by atoms with E-state index in [4.69, 9.17) is 18.9 Å². The number of rotatable bonds is 14. The van der Waals surface area contributed by atoms with E-state index < -0.39 is 11.8 Å². The molecule has 0 bridgehead atoms. The van der Waals surface area contributed by atoms with Gasteiger partial charge in [0.2, 0.25) is 11.7 Å². The van der Waals surface area contributed by atoms with Crippen LogP contribution in [0, 0.1) is 0 Å². The minimum absolute atomic E-state index is 0.0225. The summed E-state index contributed by atoms with van der Waals surface area (Å²) in [6, 6.07) is 35.5. The summed E-state index contributed by atoms with van der Waals surface area (Å²) in [4.78, 5) is 40.3. The molecular weight excluding hydrogens is 655 g/mol. The van der Waals surface area contributed by atoms with E-state index in [-0.39, 0.29) is 17.4 Å². The van der Waals surface area contributed by atoms with Gasteiger partial charge in [-0.2, -0.15) is 0 Å². The first-order chi connectivity index (χ1) is 24.3. The summed E-state index contributed by atoms with van der Waals surface area (Å²) in [6.07, 6.45) is 1.52. The van der Waals surface area contributed by atoms with Gasteiger partial charge in [0.15, 0.2) is 11.5 Å². The lowest BCUT2D eigenvalue weighted by molar-refractivity contribution is -0.114. The number of thioether (sulfide) groups is 1. The fraction of sp³-hybridized carbons (Fsp3) is 0.103. The number of carbonyl (C=O) groups excluding carboxylic acids is 3. The molecule has 0 aliphatic heterocycles. The normalized spacial score (nSPS) is 10.8. The predicted octanol–water partition coefficient (Wildman–Crippen LogP) is 7.65. The average molecular weight is 690 g/mol. The van der Waals surface area contributed by atoms with Crippen molar-refractivity contribution in [3.05, 3.63) is 138 Å². The number of benzene rings is 5. The molecule has 10 nitrogen and oxygen atoms in total. The summed E-state index contributed by atoms with van der Waals surface area (Å²) in [6.45, 7) is 0. The number of anilines is 2. The maximum atomic E-state index is 13.7. The second kappa shape index (κ2) is 17.3. The first-order valence-corrected chi connectivity index (χ1v) is 16.4. The lowest BCUT2D eigenvalue weighted by Crippen LogP contribution is -2.30. The van der Waals surface area contributed by atoms with Gasteiger partial charge in [-0.15, -0.1) is 11.8 Å². The van der Waals surface area contributed by atoms with Crippen molar-refractivity contribution in [3.63, 3.8) is 0 Å². The van der Waals surface area contributed by atoms with Crippen molar-refractivity contribution >= 4 is 46.9 Å². The summed E-state index contributed by atoms with van der Waals surface area (Å²) < 4.78 is 22.1. The topological polar surface area (TPSA) is 124 Å². The molecule has 0 radical (unpaired) electrons. The van der Waals surface area contributed by atoms with Gasteiger partial charge in [-0.25, -0.2) is 0 Å². The molecule has 3 amide bonds. The molecule has 11 heteroatoms. The fourth-order valence-corrected chi connectivity index (χ4v) is 5.49. The molecule has 0 aliphatic carbocycles. The number of hydrogen-bond acceptors (Lipinski definition) is 8. The highest BCUT2D eigenvalue weighted by Gasteiger charge is 2.18. The lowest BCUT2D eigenvalue weighted by atomic mass is 10.1. The van der Waals surface area contributed by atoms with E-state index in [1.54, 1.807) is 84.9 Å². The zero-order chi connectivity index (χ0) is 35.3. The SMILES string of the molecule is COc1cc(/C=C(/NC(=O)c2ccccc2)C(=O)Nc2cccc(SCC(=O)Nc3ccc(Oc4ccccc4)cc3)c2)cc(OC)c1OC. The highest BCUT2D eigenvalue weighted by atomic mass is 32.2. The van der Waals surface area contributed by atoms with Gasteiger partial charge in [-0.1, -0.05) is 42.5 Å². The van der Waals surface area contributed by atoms with Crippen molar-refractivity contribution in [3.8, 4) is 28.7 Å². The Hall–Kier alpha value is -6.20. The minimum Gasteiger partial charge on any atom is -0.493 e. The van der Waals surface area contributed by atoms with Crippen molar-refractivity contribution in [2.24, 2.45) is 0 Å². The molecule has 5 rings (SSSR count). The molecule has 50 heavy (non-hydrogen) atoms. The zero-order valence-electron chi connectivity index (χ0n) is 27.6. The third-order valence-electron chi connectivity index (χ3n) is 7.11. The van der Waals surface area contributed by atoms with Crippen LogP contribution in [0.3, 0.4) is 0 Å². The molecule has 0 unspecified atom stereocenters. The molecule has 0 saturated carbocycles. The van der Waals surface area contributed by atoms with Crippen LogP contribution in [0.5, 0.6) is 28.7 Å². The van der Waals surface area contributed by atoms with Gasteiger partial charge in [0.05, 0.1) is 27.1 Å². The Morgan fingerprint density at radius 3 is 1.94 bits per heavy atom. The summed E-state index contributed by atoms with van der Waals surface area (Å²) in [5.74, 6) is 1.45. The largest absolute Gasteiger partial charge is 0.493 e. The molecular formula is C39H35N3O7S. The summed E-state index contributed by atoms with van der Waals surface area (Å²) in [5, 5.41) is 8.47. The molecule has 0 atom stereocenters. The van der Waals surface area contributed by atoms with Crippen molar-refractivity contribution in [1.82, 2.24) is 5.32 Å². The summed E-state index contributed by atoms with van der Waals surface area (Å²) >= 11 is 1.31. The van der Waals surface area contributed by atoms with E-state index in [0.717, 1.165) is 10.6 Å². The van der Waals surface area contributed by atoms with Gasteiger partial charge in [-0.3, -0.25) is 14.4 Å². The Balaban J connectivity index is 1.26. The number of nitrogens with one attached hydrogen (secondary N) is 3. The van der Waals surface area contributed by atoms with E-state index in [9.17, 15) is 14.4 Å². The fourth-order valence-electron chi connectivity index (χ4n) is 4.73. The zero-order valence-corrected chi connectivity index (χ0v) is 28.4. The Labute approximate surface area is 294 Å². The molecule has 0 saturated heterocycles. The smallest absolute Gasteiger partial charge is 0.272 e. The monoisotopic (exact) mass is 689 g/mol. The Morgan fingerprint density at radius 1 is 0.660 bits per heavy atom. The van der Waals surface area contributed by atoms with Crippen LogP contribution >= 0.6 is 11.8 Å². The van der Waals surface area contributed by atoms with Crippen molar-refractivity contribution in [2.45, 2.75) is 4.90 Å². The Morgan fingerprint density at radius 2 is 1.30 bits per heavy atom. The van der Waals surface area contributed by atoms with Crippen LogP contribution in [0.4, 0.5) is 11.4 Å². The van der Waals surface area contributed by atoms with Crippen molar-refractivity contribution < 1.29 is 33.3 Å². The second-order valence-corrected chi connectivity index (χ2v) is 11.6.